The number of fused-ring (bicyclic) bond motifs is 10. The number of benzene rings is 7. The predicted octanol–water partition coefficient (Wildman–Crippen LogP) is 12.2. The number of nitrogens with zero attached hydrogens (tertiary/aromatic N) is 5. The molecule has 0 radical (unpaired) electrons. The molecule has 6 nitrogen and oxygen atoms in total. The molecule has 2 aliphatic rings. The van der Waals surface area contributed by atoms with Crippen LogP contribution < -0.4 is 4.74 Å². The van der Waals surface area contributed by atoms with Gasteiger partial charge in [-0.3, -0.25) is 4.57 Å². The Hall–Kier alpha value is -7.57. The van der Waals surface area contributed by atoms with Crippen molar-refractivity contribution in [2.45, 2.75) is 12.0 Å². The van der Waals surface area contributed by atoms with Crippen LogP contribution in [0.1, 0.15) is 28.8 Å². The summed E-state index contributed by atoms with van der Waals surface area (Å²) in [6.07, 6.45) is 4.37. The molecule has 10 aromatic rings. The fourth-order valence-corrected chi connectivity index (χ4v) is 9.05. The molecule has 0 bridgehead atoms. The molecule has 0 fully saturated rings. The standard InChI is InChI=1S/C51H33N5O/c1-3-15-32(16-4-1)33-17-13-18-34(31-33)49-52-50(54-51(53-49)56-42-26-10-7-21-36(42)37-22-8-11-27-43(37)56)41-25-14-24-38-39-29-30-45-46(48(39)57-47(38)41)40-23-9-12-28-44(40)55(45)35-19-5-2-6-20-35/h1-31,39,48H. The molecule has 2 unspecified atom stereocenters. The minimum atomic E-state index is -0.211. The second kappa shape index (κ2) is 12.5. The van der Waals surface area contributed by atoms with Gasteiger partial charge in [-0.25, -0.2) is 4.98 Å². The van der Waals surface area contributed by atoms with E-state index in [4.69, 9.17) is 19.7 Å². The van der Waals surface area contributed by atoms with E-state index in [1.54, 1.807) is 0 Å². The minimum absolute atomic E-state index is 0.0307. The van der Waals surface area contributed by atoms with Crippen molar-refractivity contribution < 1.29 is 4.74 Å². The molecule has 0 spiro atoms. The maximum atomic E-state index is 7.20. The highest BCUT2D eigenvalue weighted by Gasteiger charge is 2.41. The Balaban J connectivity index is 1.06. The highest BCUT2D eigenvalue weighted by Crippen LogP contribution is 2.55. The Morgan fingerprint density at radius 1 is 0.474 bits per heavy atom. The lowest BCUT2D eigenvalue weighted by molar-refractivity contribution is 0.225. The summed E-state index contributed by atoms with van der Waals surface area (Å²) in [5.74, 6) is 2.55. The highest BCUT2D eigenvalue weighted by molar-refractivity contribution is 6.09. The van der Waals surface area contributed by atoms with Crippen molar-refractivity contribution in [1.82, 2.24) is 24.1 Å². The number of ether oxygens (including phenoxy) is 1. The zero-order valence-corrected chi connectivity index (χ0v) is 30.7. The summed E-state index contributed by atoms with van der Waals surface area (Å²) in [7, 11) is 0. The van der Waals surface area contributed by atoms with E-state index in [-0.39, 0.29) is 12.0 Å². The number of hydrogen-bond acceptors (Lipinski definition) is 4. The van der Waals surface area contributed by atoms with Gasteiger partial charge in [0.2, 0.25) is 5.95 Å². The van der Waals surface area contributed by atoms with E-state index in [9.17, 15) is 0 Å². The largest absolute Gasteiger partial charge is 0.484 e. The van der Waals surface area contributed by atoms with Crippen LogP contribution in [0.15, 0.2) is 182 Å². The van der Waals surface area contributed by atoms with E-state index in [0.29, 0.717) is 17.6 Å². The van der Waals surface area contributed by atoms with Crippen molar-refractivity contribution in [2.75, 3.05) is 0 Å². The maximum absolute atomic E-state index is 7.20. The molecule has 1 aliphatic carbocycles. The number of aromatic nitrogens is 5. The number of hydrogen-bond donors (Lipinski definition) is 0. The van der Waals surface area contributed by atoms with Crippen LogP contribution in [0.4, 0.5) is 0 Å². The normalized spacial score (nSPS) is 15.4. The second-order valence-corrected chi connectivity index (χ2v) is 14.7. The lowest BCUT2D eigenvalue weighted by Crippen LogP contribution is -2.13. The molecular formula is C51H33N5O. The van der Waals surface area contributed by atoms with Gasteiger partial charge < -0.3 is 9.30 Å². The maximum Gasteiger partial charge on any atom is 0.238 e. The number of rotatable bonds is 5. The van der Waals surface area contributed by atoms with Crippen LogP contribution in [0.25, 0.3) is 84.3 Å². The molecule has 7 aromatic carbocycles. The van der Waals surface area contributed by atoms with E-state index in [0.717, 1.165) is 72.3 Å². The minimum Gasteiger partial charge on any atom is -0.484 e. The summed E-state index contributed by atoms with van der Waals surface area (Å²) in [6, 6.07) is 61.4. The summed E-state index contributed by atoms with van der Waals surface area (Å²) in [5.41, 5.74) is 11.8. The molecule has 0 N–H and O–H groups in total. The first-order valence-corrected chi connectivity index (χ1v) is 19.4. The lowest BCUT2D eigenvalue weighted by atomic mass is 9.85. The van der Waals surface area contributed by atoms with E-state index in [1.165, 1.54) is 10.9 Å². The van der Waals surface area contributed by atoms with Crippen LogP contribution in [-0.2, 0) is 0 Å². The van der Waals surface area contributed by atoms with E-state index < -0.39 is 0 Å². The van der Waals surface area contributed by atoms with Gasteiger partial charge in [0.05, 0.1) is 27.8 Å². The smallest absolute Gasteiger partial charge is 0.238 e. The summed E-state index contributed by atoms with van der Waals surface area (Å²) in [4.78, 5) is 15.9. The van der Waals surface area contributed by atoms with Gasteiger partial charge in [-0.2, -0.15) is 9.97 Å². The molecule has 2 atom stereocenters. The third kappa shape index (κ3) is 4.87. The Kier molecular flexibility index (Phi) is 6.95. The van der Waals surface area contributed by atoms with Crippen LogP contribution >= 0.6 is 0 Å². The Morgan fingerprint density at radius 2 is 1.07 bits per heavy atom. The summed E-state index contributed by atoms with van der Waals surface area (Å²) in [5, 5.41) is 3.49. The van der Waals surface area contributed by atoms with Crippen molar-refractivity contribution in [2.24, 2.45) is 0 Å². The van der Waals surface area contributed by atoms with Crippen LogP contribution in [-0.4, -0.2) is 24.1 Å². The van der Waals surface area contributed by atoms with Gasteiger partial charge in [0.1, 0.15) is 11.9 Å². The van der Waals surface area contributed by atoms with Gasteiger partial charge in [-0.15, -0.1) is 0 Å². The molecule has 4 heterocycles. The van der Waals surface area contributed by atoms with E-state index in [2.05, 4.69) is 191 Å². The molecule has 1 aliphatic heterocycles. The third-order valence-electron chi connectivity index (χ3n) is 11.6. The van der Waals surface area contributed by atoms with Crippen LogP contribution in [0, 0.1) is 0 Å². The summed E-state index contributed by atoms with van der Waals surface area (Å²) < 4.78 is 11.7. The molecule has 12 rings (SSSR count). The van der Waals surface area contributed by atoms with Crippen molar-refractivity contribution in [3.63, 3.8) is 0 Å². The third-order valence-corrected chi connectivity index (χ3v) is 11.6. The Labute approximate surface area is 328 Å². The lowest BCUT2D eigenvalue weighted by Gasteiger charge is -2.22. The molecule has 3 aromatic heterocycles. The molecule has 0 saturated heterocycles. The Bertz CT molecular complexity index is 3180. The first kappa shape index (κ1) is 31.7. The van der Waals surface area contributed by atoms with Crippen LogP contribution in [0.3, 0.4) is 0 Å². The van der Waals surface area contributed by atoms with Crippen molar-refractivity contribution >= 4 is 38.8 Å². The SMILES string of the molecule is C1=CC2c3cccc(-c4nc(-c5cccc(-c6ccccc6)c5)nc(-n5c6ccccc6c6ccccc65)n4)c3OC2c2c1n(-c1ccccc1)c1ccccc21. The van der Waals surface area contributed by atoms with E-state index in [1.807, 2.05) is 6.07 Å². The second-order valence-electron chi connectivity index (χ2n) is 14.7. The fraction of sp³-hybridized carbons (Fsp3) is 0.0392. The summed E-state index contributed by atoms with van der Waals surface area (Å²) in [6.45, 7) is 0. The van der Waals surface area contributed by atoms with Crippen molar-refractivity contribution in [1.29, 1.82) is 0 Å². The van der Waals surface area contributed by atoms with Crippen LogP contribution in [0.5, 0.6) is 5.75 Å². The zero-order valence-electron chi connectivity index (χ0n) is 30.7. The molecular weight excluding hydrogens is 699 g/mol. The summed E-state index contributed by atoms with van der Waals surface area (Å²) >= 11 is 0. The van der Waals surface area contributed by atoms with Gasteiger partial charge in [0.25, 0.3) is 0 Å². The van der Waals surface area contributed by atoms with Gasteiger partial charge in [-0.1, -0.05) is 140 Å². The van der Waals surface area contributed by atoms with Gasteiger partial charge in [0.15, 0.2) is 11.6 Å². The molecule has 268 valence electrons. The quantitative estimate of drug-likeness (QED) is 0.177. The highest BCUT2D eigenvalue weighted by atomic mass is 16.5. The first-order valence-electron chi connectivity index (χ1n) is 19.4. The molecule has 6 heteroatoms. The van der Waals surface area contributed by atoms with Gasteiger partial charge >= 0.3 is 0 Å². The van der Waals surface area contributed by atoms with Crippen molar-refractivity contribution in [3.05, 3.63) is 199 Å². The molecule has 57 heavy (non-hydrogen) atoms. The van der Waals surface area contributed by atoms with Gasteiger partial charge in [-0.05, 0) is 59.7 Å². The fourth-order valence-electron chi connectivity index (χ4n) is 9.05. The zero-order chi connectivity index (χ0) is 37.5. The average Bonchev–Trinajstić information content (AvgIpc) is 3.95. The Morgan fingerprint density at radius 3 is 1.82 bits per heavy atom. The number of para-hydroxylation sites is 5. The molecule has 0 amide bonds. The van der Waals surface area contributed by atoms with E-state index >= 15 is 0 Å². The first-order chi connectivity index (χ1) is 28.3. The topological polar surface area (TPSA) is 57.8 Å². The van der Waals surface area contributed by atoms with Gasteiger partial charge in [0, 0.05) is 44.5 Å². The monoisotopic (exact) mass is 731 g/mol. The molecule has 0 saturated carbocycles. The predicted molar refractivity (Wildman–Crippen MR) is 229 cm³/mol. The van der Waals surface area contributed by atoms with Crippen LogP contribution in [0.2, 0.25) is 0 Å². The van der Waals surface area contributed by atoms with Crippen molar-refractivity contribution in [3.8, 4) is 51.3 Å². The average molecular weight is 732 g/mol.